The first-order valence-corrected chi connectivity index (χ1v) is 5.85. The van der Waals surface area contributed by atoms with E-state index in [9.17, 15) is 4.79 Å². The molecule has 0 atom stereocenters. The molecule has 0 N–H and O–H groups in total. The van der Waals surface area contributed by atoms with E-state index in [-0.39, 0.29) is 5.97 Å². The van der Waals surface area contributed by atoms with Crippen molar-refractivity contribution in [2.45, 2.75) is 33.1 Å². The van der Waals surface area contributed by atoms with Crippen LogP contribution in [-0.2, 0) is 13.6 Å². The molecule has 0 saturated heterocycles. The lowest BCUT2D eigenvalue weighted by molar-refractivity contribution is -0.131. The molecule has 0 radical (unpaired) electrons. The molecule has 0 heterocycles. The summed E-state index contributed by atoms with van der Waals surface area (Å²) in [6, 6.07) is 0. The molecule has 5 heteroatoms. The van der Waals surface area contributed by atoms with E-state index in [2.05, 4.69) is 11.3 Å². The van der Waals surface area contributed by atoms with Crippen LogP contribution in [0.3, 0.4) is 0 Å². The Labute approximate surface area is 80.9 Å². The minimum absolute atomic E-state index is 0.184. The molecule has 0 aliphatic heterocycles. The van der Waals surface area contributed by atoms with Crippen molar-refractivity contribution in [2.75, 3.05) is 6.61 Å². The third-order valence-corrected chi connectivity index (χ3v) is 2.22. The molecule has 0 amide bonds. The fourth-order valence-electron chi connectivity index (χ4n) is 0.496. The van der Waals surface area contributed by atoms with E-state index in [1.54, 1.807) is 0 Å². The quantitative estimate of drug-likeness (QED) is 0.453. The lowest BCUT2D eigenvalue weighted by atomic mass is 10.3. The summed E-state index contributed by atoms with van der Waals surface area (Å²) in [4.78, 5) is 9.62. The fraction of sp³-hybridized carbons (Fsp3) is 0.857. The Morgan fingerprint density at radius 2 is 1.83 bits per heavy atom. The van der Waals surface area contributed by atoms with Crippen molar-refractivity contribution in [3.05, 3.63) is 0 Å². The summed E-state index contributed by atoms with van der Waals surface area (Å²) < 4.78 is 9.23. The molecular formula is C7H20O3Si2. The molecule has 0 aliphatic rings. The van der Waals surface area contributed by atoms with Crippen LogP contribution in [0.15, 0.2) is 0 Å². The summed E-state index contributed by atoms with van der Waals surface area (Å²) in [6.45, 7) is 4.58. The van der Waals surface area contributed by atoms with E-state index in [0.29, 0.717) is 10.5 Å². The van der Waals surface area contributed by atoms with Crippen LogP contribution in [0.25, 0.3) is 0 Å². The van der Waals surface area contributed by atoms with E-state index < -0.39 is 0 Å². The van der Waals surface area contributed by atoms with E-state index in [4.69, 9.17) is 4.43 Å². The number of rotatable bonds is 4. The Balaban J connectivity index is 0. The molecule has 0 aliphatic carbocycles. The van der Waals surface area contributed by atoms with Crippen LogP contribution >= 0.6 is 0 Å². The van der Waals surface area contributed by atoms with Gasteiger partial charge in [0.1, 0.15) is 10.5 Å². The number of unbranched alkanes of at least 4 members (excludes halogenated alkanes) is 2. The average Bonchev–Trinajstić information content (AvgIpc) is 2.07. The van der Waals surface area contributed by atoms with Gasteiger partial charge in [-0.1, -0.05) is 19.8 Å². The van der Waals surface area contributed by atoms with Crippen LogP contribution in [0.5, 0.6) is 0 Å². The number of carbonyl (C=O) groups is 1. The molecule has 0 spiro atoms. The molecular weight excluding hydrogens is 188 g/mol. The van der Waals surface area contributed by atoms with Gasteiger partial charge in [0.15, 0.2) is 0 Å². The predicted molar refractivity (Wildman–Crippen MR) is 57.1 cm³/mol. The standard InChI is InChI=1S/C5H14OSi.C2H6O2Si/c1-2-3-4-5-6-7;1-2(3)4-5/h2-5H2,1,7H3;1,5H3. The van der Waals surface area contributed by atoms with Crippen LogP contribution in [0.1, 0.15) is 33.1 Å². The monoisotopic (exact) mass is 208 g/mol. The molecule has 0 saturated carbocycles. The third-order valence-electron chi connectivity index (χ3n) is 1.24. The van der Waals surface area contributed by atoms with E-state index in [1.807, 2.05) is 0 Å². The van der Waals surface area contributed by atoms with Gasteiger partial charge in [0.05, 0.1) is 0 Å². The van der Waals surface area contributed by atoms with Gasteiger partial charge in [-0.25, -0.2) is 0 Å². The molecule has 0 aromatic rings. The smallest absolute Gasteiger partial charge is 0.288 e. The first kappa shape index (κ1) is 14.4. The molecule has 3 nitrogen and oxygen atoms in total. The summed E-state index contributed by atoms with van der Waals surface area (Å²) in [6.07, 6.45) is 3.87. The highest BCUT2D eigenvalue weighted by atomic mass is 28.2. The van der Waals surface area contributed by atoms with Gasteiger partial charge in [-0.05, 0) is 6.42 Å². The average molecular weight is 208 g/mol. The SMILES string of the molecule is CC(=O)O[SiH3].CCCCCO[SiH3]. The predicted octanol–water partition coefficient (Wildman–Crippen LogP) is -0.697. The molecule has 0 aromatic carbocycles. The van der Waals surface area contributed by atoms with Crippen molar-refractivity contribution in [1.82, 2.24) is 0 Å². The van der Waals surface area contributed by atoms with E-state index in [0.717, 1.165) is 17.1 Å². The number of hydrogen-bond acceptors (Lipinski definition) is 3. The summed E-state index contributed by atoms with van der Waals surface area (Å²) in [7, 11) is 1.43. The highest BCUT2D eigenvalue weighted by Gasteiger charge is 1.79. The minimum Gasteiger partial charge on any atom is -0.529 e. The second kappa shape index (κ2) is 13.5. The van der Waals surface area contributed by atoms with E-state index in [1.165, 1.54) is 26.2 Å². The molecule has 0 aromatic heterocycles. The number of carbonyl (C=O) groups excluding carboxylic acids is 1. The Hall–Kier alpha value is -0.136. The van der Waals surface area contributed by atoms with Crippen molar-refractivity contribution in [2.24, 2.45) is 0 Å². The Morgan fingerprint density at radius 3 is 2.08 bits per heavy atom. The second-order valence-electron chi connectivity index (χ2n) is 2.40. The Morgan fingerprint density at radius 1 is 1.33 bits per heavy atom. The maximum Gasteiger partial charge on any atom is 0.288 e. The van der Waals surface area contributed by atoms with Crippen molar-refractivity contribution in [1.29, 1.82) is 0 Å². The largest absolute Gasteiger partial charge is 0.529 e. The minimum atomic E-state index is -0.184. The summed E-state index contributed by atoms with van der Waals surface area (Å²) in [5, 5.41) is 0. The van der Waals surface area contributed by atoms with Gasteiger partial charge in [0.25, 0.3) is 5.97 Å². The van der Waals surface area contributed by atoms with Crippen LogP contribution in [0.2, 0.25) is 0 Å². The van der Waals surface area contributed by atoms with Gasteiger partial charge < -0.3 is 8.85 Å². The van der Waals surface area contributed by atoms with Gasteiger partial charge in [-0.3, -0.25) is 4.79 Å². The molecule has 12 heavy (non-hydrogen) atoms. The topological polar surface area (TPSA) is 35.5 Å². The normalized spacial score (nSPS) is 8.83. The molecule has 0 fully saturated rings. The lowest BCUT2D eigenvalue weighted by Crippen LogP contribution is -1.90. The zero-order valence-corrected chi connectivity index (χ0v) is 12.6. The Kier molecular flexibility index (Phi) is 16.1. The molecule has 0 rings (SSSR count). The molecule has 0 unspecified atom stereocenters. The van der Waals surface area contributed by atoms with Gasteiger partial charge in [-0.2, -0.15) is 0 Å². The van der Waals surface area contributed by atoms with E-state index >= 15 is 0 Å². The molecule has 0 bridgehead atoms. The molecule has 74 valence electrons. The van der Waals surface area contributed by atoms with Crippen molar-refractivity contribution >= 4 is 26.9 Å². The Bertz CT molecular complexity index is 94.7. The van der Waals surface area contributed by atoms with Crippen molar-refractivity contribution in [3.8, 4) is 0 Å². The maximum absolute atomic E-state index is 9.62. The van der Waals surface area contributed by atoms with Crippen LogP contribution in [0.4, 0.5) is 0 Å². The highest BCUT2D eigenvalue weighted by Crippen LogP contribution is 1.91. The highest BCUT2D eigenvalue weighted by molar-refractivity contribution is 6.04. The second-order valence-corrected chi connectivity index (χ2v) is 3.38. The first-order valence-electron chi connectivity index (χ1n) is 4.22. The van der Waals surface area contributed by atoms with Gasteiger partial charge in [-0.15, -0.1) is 0 Å². The maximum atomic E-state index is 9.62. The summed E-state index contributed by atoms with van der Waals surface area (Å²) >= 11 is 0. The van der Waals surface area contributed by atoms with Gasteiger partial charge in [0.2, 0.25) is 10.5 Å². The summed E-state index contributed by atoms with van der Waals surface area (Å²) in [5.41, 5.74) is 0. The number of hydrogen-bond donors (Lipinski definition) is 0. The third kappa shape index (κ3) is 22.5. The summed E-state index contributed by atoms with van der Waals surface area (Å²) in [5.74, 6) is -0.184. The van der Waals surface area contributed by atoms with Crippen LogP contribution in [0, 0.1) is 0 Å². The van der Waals surface area contributed by atoms with Crippen LogP contribution in [-0.4, -0.2) is 33.5 Å². The van der Waals surface area contributed by atoms with Crippen LogP contribution < -0.4 is 0 Å². The fourth-order valence-corrected chi connectivity index (χ4v) is 0.785. The zero-order valence-electron chi connectivity index (χ0n) is 8.55. The van der Waals surface area contributed by atoms with Gasteiger partial charge in [0, 0.05) is 13.5 Å². The van der Waals surface area contributed by atoms with Gasteiger partial charge >= 0.3 is 0 Å². The first-order chi connectivity index (χ1) is 5.68. The lowest BCUT2D eigenvalue weighted by Gasteiger charge is -1.93. The van der Waals surface area contributed by atoms with Crippen molar-refractivity contribution in [3.63, 3.8) is 0 Å². The zero-order chi connectivity index (χ0) is 9.82. The van der Waals surface area contributed by atoms with Crippen molar-refractivity contribution < 1.29 is 13.6 Å².